The molecule has 2 nitrogen and oxygen atoms in total. The smallest absolute Gasteiger partial charge is 0.120 e. The Kier molecular flexibility index (Phi) is 1.97. The molecule has 64 valence electrons. The first-order chi connectivity index (χ1) is 5.46. The molecule has 0 amide bonds. The SMILES string of the molecule is Cc1ccc(C#N)n1C(C)(C)C. The van der Waals surface area contributed by atoms with Crippen LogP contribution < -0.4 is 0 Å². The minimum absolute atomic E-state index is 0.00134. The molecule has 2 heteroatoms. The summed E-state index contributed by atoms with van der Waals surface area (Å²) in [5.41, 5.74) is 1.87. The van der Waals surface area contributed by atoms with Gasteiger partial charge in [0.2, 0.25) is 0 Å². The van der Waals surface area contributed by atoms with Crippen molar-refractivity contribution in [1.29, 1.82) is 5.26 Å². The highest BCUT2D eigenvalue weighted by Gasteiger charge is 2.17. The van der Waals surface area contributed by atoms with Crippen molar-refractivity contribution >= 4 is 0 Å². The van der Waals surface area contributed by atoms with Crippen molar-refractivity contribution in [3.8, 4) is 6.07 Å². The normalized spacial score (nSPS) is 11.2. The first kappa shape index (κ1) is 8.86. The molecule has 1 rings (SSSR count). The summed E-state index contributed by atoms with van der Waals surface area (Å²) in [6.07, 6.45) is 0. The molecule has 1 aromatic heterocycles. The monoisotopic (exact) mass is 162 g/mol. The Morgan fingerprint density at radius 2 is 1.92 bits per heavy atom. The lowest BCUT2D eigenvalue weighted by Gasteiger charge is -2.24. The molecule has 0 N–H and O–H groups in total. The Morgan fingerprint density at radius 3 is 2.25 bits per heavy atom. The lowest BCUT2D eigenvalue weighted by molar-refractivity contribution is 0.387. The fourth-order valence-corrected chi connectivity index (χ4v) is 1.52. The zero-order valence-electron chi connectivity index (χ0n) is 8.05. The highest BCUT2D eigenvalue weighted by molar-refractivity contribution is 5.28. The summed E-state index contributed by atoms with van der Waals surface area (Å²) in [5.74, 6) is 0. The molecule has 0 aromatic carbocycles. The molecule has 12 heavy (non-hydrogen) atoms. The van der Waals surface area contributed by atoms with E-state index in [1.807, 2.05) is 23.6 Å². The molecule has 0 atom stereocenters. The van der Waals surface area contributed by atoms with E-state index in [0.29, 0.717) is 0 Å². The van der Waals surface area contributed by atoms with Gasteiger partial charge in [-0.1, -0.05) is 0 Å². The van der Waals surface area contributed by atoms with E-state index in [1.165, 1.54) is 0 Å². The van der Waals surface area contributed by atoms with E-state index in [4.69, 9.17) is 5.26 Å². The molecule has 0 fully saturated rings. The van der Waals surface area contributed by atoms with Crippen LogP contribution in [-0.2, 0) is 5.54 Å². The van der Waals surface area contributed by atoms with Gasteiger partial charge in [0.15, 0.2) is 0 Å². The maximum absolute atomic E-state index is 8.82. The summed E-state index contributed by atoms with van der Waals surface area (Å²) < 4.78 is 2.05. The molecule has 0 spiro atoms. The second kappa shape index (κ2) is 2.67. The molecule has 0 saturated heterocycles. The van der Waals surface area contributed by atoms with E-state index in [-0.39, 0.29) is 5.54 Å². The van der Waals surface area contributed by atoms with Crippen LogP contribution >= 0.6 is 0 Å². The largest absolute Gasteiger partial charge is 0.332 e. The Balaban J connectivity index is 3.32. The molecular formula is C10H14N2. The highest BCUT2D eigenvalue weighted by atomic mass is 15.1. The van der Waals surface area contributed by atoms with Crippen molar-refractivity contribution in [2.45, 2.75) is 33.2 Å². The number of aryl methyl sites for hydroxylation is 1. The van der Waals surface area contributed by atoms with Gasteiger partial charge in [0.05, 0.1) is 0 Å². The Hall–Kier alpha value is -1.23. The van der Waals surface area contributed by atoms with E-state index in [1.54, 1.807) is 0 Å². The minimum Gasteiger partial charge on any atom is -0.332 e. The van der Waals surface area contributed by atoms with Crippen molar-refractivity contribution in [3.05, 3.63) is 23.5 Å². The molecule has 0 radical (unpaired) electrons. The van der Waals surface area contributed by atoms with Crippen molar-refractivity contribution < 1.29 is 0 Å². The van der Waals surface area contributed by atoms with Crippen molar-refractivity contribution in [1.82, 2.24) is 4.57 Å². The first-order valence-electron chi connectivity index (χ1n) is 4.06. The van der Waals surface area contributed by atoms with Gasteiger partial charge in [-0.15, -0.1) is 0 Å². The highest BCUT2D eigenvalue weighted by Crippen LogP contribution is 2.20. The van der Waals surface area contributed by atoms with E-state index in [9.17, 15) is 0 Å². The Labute approximate surface area is 73.4 Å². The van der Waals surface area contributed by atoms with Gasteiger partial charge in [0, 0.05) is 11.2 Å². The molecule has 0 aliphatic rings. The van der Waals surface area contributed by atoms with E-state index in [0.717, 1.165) is 11.4 Å². The summed E-state index contributed by atoms with van der Waals surface area (Å²) in [5, 5.41) is 8.82. The molecule has 0 bridgehead atoms. The van der Waals surface area contributed by atoms with Gasteiger partial charge in [-0.2, -0.15) is 5.26 Å². The van der Waals surface area contributed by atoms with Crippen molar-refractivity contribution in [2.75, 3.05) is 0 Å². The fourth-order valence-electron chi connectivity index (χ4n) is 1.52. The number of nitriles is 1. The number of nitrogens with zero attached hydrogens (tertiary/aromatic N) is 2. The van der Waals surface area contributed by atoms with Crippen molar-refractivity contribution in [3.63, 3.8) is 0 Å². The van der Waals surface area contributed by atoms with Crippen LogP contribution in [0.3, 0.4) is 0 Å². The quantitative estimate of drug-likeness (QED) is 0.576. The van der Waals surface area contributed by atoms with Gasteiger partial charge in [0.1, 0.15) is 11.8 Å². The van der Waals surface area contributed by atoms with Crippen LogP contribution in [0.5, 0.6) is 0 Å². The van der Waals surface area contributed by atoms with Crippen LogP contribution in [-0.4, -0.2) is 4.57 Å². The third-order valence-electron chi connectivity index (χ3n) is 1.86. The maximum atomic E-state index is 8.82. The minimum atomic E-state index is -0.00134. The van der Waals surface area contributed by atoms with Gasteiger partial charge in [0.25, 0.3) is 0 Å². The van der Waals surface area contributed by atoms with Crippen LogP contribution in [0, 0.1) is 18.3 Å². The lowest BCUT2D eigenvalue weighted by atomic mass is 10.1. The average molecular weight is 162 g/mol. The van der Waals surface area contributed by atoms with Gasteiger partial charge in [-0.05, 0) is 39.8 Å². The molecule has 0 aliphatic carbocycles. The molecule has 0 saturated carbocycles. The third-order valence-corrected chi connectivity index (χ3v) is 1.86. The van der Waals surface area contributed by atoms with Gasteiger partial charge in [-0.25, -0.2) is 0 Å². The van der Waals surface area contributed by atoms with Crippen LogP contribution in [0.4, 0.5) is 0 Å². The van der Waals surface area contributed by atoms with E-state index >= 15 is 0 Å². The average Bonchev–Trinajstić information content (AvgIpc) is 2.29. The second-order valence-electron chi connectivity index (χ2n) is 3.98. The number of rotatable bonds is 0. The number of hydrogen-bond donors (Lipinski definition) is 0. The lowest BCUT2D eigenvalue weighted by Crippen LogP contribution is -2.24. The summed E-state index contributed by atoms with van der Waals surface area (Å²) in [4.78, 5) is 0. The van der Waals surface area contributed by atoms with Crippen LogP contribution in [0.15, 0.2) is 12.1 Å². The number of aromatic nitrogens is 1. The topological polar surface area (TPSA) is 28.7 Å². The predicted octanol–water partition coefficient (Wildman–Crippen LogP) is 2.42. The molecule has 0 unspecified atom stereocenters. The Morgan fingerprint density at radius 1 is 1.33 bits per heavy atom. The van der Waals surface area contributed by atoms with E-state index in [2.05, 4.69) is 26.8 Å². The molecule has 1 heterocycles. The summed E-state index contributed by atoms with van der Waals surface area (Å²) in [6, 6.07) is 6.02. The zero-order valence-corrected chi connectivity index (χ0v) is 8.05. The first-order valence-corrected chi connectivity index (χ1v) is 4.06. The summed E-state index contributed by atoms with van der Waals surface area (Å²) in [6.45, 7) is 8.31. The molecule has 0 aliphatic heterocycles. The second-order valence-corrected chi connectivity index (χ2v) is 3.98. The molecular weight excluding hydrogens is 148 g/mol. The standard InChI is InChI=1S/C10H14N2/c1-8-5-6-9(7-11)12(8)10(2,3)4/h5-6H,1-4H3. The van der Waals surface area contributed by atoms with Crippen LogP contribution in [0.1, 0.15) is 32.2 Å². The fraction of sp³-hybridized carbons (Fsp3) is 0.500. The van der Waals surface area contributed by atoms with Crippen LogP contribution in [0.25, 0.3) is 0 Å². The third kappa shape index (κ3) is 1.35. The van der Waals surface area contributed by atoms with Gasteiger partial charge >= 0.3 is 0 Å². The maximum Gasteiger partial charge on any atom is 0.120 e. The van der Waals surface area contributed by atoms with Gasteiger partial charge in [-0.3, -0.25) is 0 Å². The van der Waals surface area contributed by atoms with Crippen LogP contribution in [0.2, 0.25) is 0 Å². The summed E-state index contributed by atoms with van der Waals surface area (Å²) in [7, 11) is 0. The van der Waals surface area contributed by atoms with E-state index < -0.39 is 0 Å². The number of hydrogen-bond acceptors (Lipinski definition) is 1. The Bertz CT molecular complexity index is 321. The predicted molar refractivity (Wildman–Crippen MR) is 48.9 cm³/mol. The summed E-state index contributed by atoms with van der Waals surface area (Å²) >= 11 is 0. The van der Waals surface area contributed by atoms with Gasteiger partial charge < -0.3 is 4.57 Å². The van der Waals surface area contributed by atoms with Crippen molar-refractivity contribution in [2.24, 2.45) is 0 Å². The zero-order chi connectivity index (χ0) is 9.35. The molecule has 1 aromatic rings.